The SMILES string of the molecule is O=C(NCC1CCCO1)c1cc(F)c(F)cc1Cl. The Balaban J connectivity index is 2.01. The van der Waals surface area contributed by atoms with E-state index in [9.17, 15) is 13.6 Å². The maximum atomic E-state index is 13.0. The zero-order valence-corrected chi connectivity index (χ0v) is 10.3. The quantitative estimate of drug-likeness (QED) is 0.861. The summed E-state index contributed by atoms with van der Waals surface area (Å²) in [6.07, 6.45) is 1.83. The first kappa shape index (κ1) is 13.2. The number of amides is 1. The van der Waals surface area contributed by atoms with Gasteiger partial charge >= 0.3 is 0 Å². The van der Waals surface area contributed by atoms with Crippen molar-refractivity contribution in [2.75, 3.05) is 13.2 Å². The third-order valence-electron chi connectivity index (χ3n) is 2.77. The van der Waals surface area contributed by atoms with Crippen LogP contribution in [0.15, 0.2) is 12.1 Å². The number of benzene rings is 1. The molecule has 1 fully saturated rings. The molecule has 0 spiro atoms. The summed E-state index contributed by atoms with van der Waals surface area (Å²) in [4.78, 5) is 11.7. The highest BCUT2D eigenvalue weighted by Gasteiger charge is 2.19. The number of rotatable bonds is 3. The van der Waals surface area contributed by atoms with E-state index >= 15 is 0 Å². The van der Waals surface area contributed by atoms with Gasteiger partial charge in [0.1, 0.15) is 0 Å². The summed E-state index contributed by atoms with van der Waals surface area (Å²) in [5.41, 5.74) is -0.0754. The summed E-state index contributed by atoms with van der Waals surface area (Å²) in [6, 6.07) is 1.58. The van der Waals surface area contributed by atoms with Crippen molar-refractivity contribution in [1.29, 1.82) is 0 Å². The van der Waals surface area contributed by atoms with Gasteiger partial charge in [-0.05, 0) is 25.0 Å². The molecule has 1 heterocycles. The van der Waals surface area contributed by atoms with Gasteiger partial charge in [0.25, 0.3) is 5.91 Å². The molecule has 1 aliphatic rings. The fourth-order valence-corrected chi connectivity index (χ4v) is 2.04. The number of hydrogen-bond acceptors (Lipinski definition) is 2. The largest absolute Gasteiger partial charge is 0.376 e. The second-order valence-electron chi connectivity index (χ2n) is 4.09. The highest BCUT2D eigenvalue weighted by molar-refractivity contribution is 6.33. The van der Waals surface area contributed by atoms with Crippen molar-refractivity contribution in [3.8, 4) is 0 Å². The lowest BCUT2D eigenvalue weighted by Crippen LogP contribution is -2.32. The Morgan fingerprint density at radius 1 is 1.44 bits per heavy atom. The summed E-state index contributed by atoms with van der Waals surface area (Å²) < 4.78 is 31.2. The minimum absolute atomic E-state index is 0.0157. The number of carbonyl (C=O) groups is 1. The van der Waals surface area contributed by atoms with Crippen LogP contribution in [-0.4, -0.2) is 25.2 Å². The molecule has 0 radical (unpaired) electrons. The van der Waals surface area contributed by atoms with Crippen LogP contribution in [-0.2, 0) is 4.74 Å². The van der Waals surface area contributed by atoms with E-state index in [0.717, 1.165) is 25.0 Å². The Morgan fingerprint density at radius 2 is 2.17 bits per heavy atom. The van der Waals surface area contributed by atoms with Crippen molar-refractivity contribution in [3.63, 3.8) is 0 Å². The lowest BCUT2D eigenvalue weighted by Gasteiger charge is -2.11. The molecule has 1 amide bonds. The zero-order valence-electron chi connectivity index (χ0n) is 9.51. The number of halogens is 3. The molecular formula is C12H12ClF2NO2. The van der Waals surface area contributed by atoms with Gasteiger partial charge in [-0.3, -0.25) is 4.79 Å². The van der Waals surface area contributed by atoms with Gasteiger partial charge in [0.2, 0.25) is 0 Å². The third kappa shape index (κ3) is 2.97. The average molecular weight is 276 g/mol. The molecule has 3 nitrogen and oxygen atoms in total. The second kappa shape index (κ2) is 5.63. The molecule has 1 saturated heterocycles. The van der Waals surface area contributed by atoms with E-state index in [1.54, 1.807) is 0 Å². The molecule has 0 aromatic heterocycles. The minimum atomic E-state index is -1.10. The van der Waals surface area contributed by atoms with Crippen molar-refractivity contribution in [2.45, 2.75) is 18.9 Å². The van der Waals surface area contributed by atoms with Crippen molar-refractivity contribution in [3.05, 3.63) is 34.4 Å². The Morgan fingerprint density at radius 3 is 2.83 bits per heavy atom. The van der Waals surface area contributed by atoms with Crippen molar-refractivity contribution < 1.29 is 18.3 Å². The van der Waals surface area contributed by atoms with E-state index in [1.165, 1.54) is 0 Å². The highest BCUT2D eigenvalue weighted by atomic mass is 35.5. The van der Waals surface area contributed by atoms with E-state index < -0.39 is 17.5 Å². The van der Waals surface area contributed by atoms with Crippen molar-refractivity contribution in [1.82, 2.24) is 5.32 Å². The van der Waals surface area contributed by atoms with E-state index in [2.05, 4.69) is 5.32 Å². The van der Waals surface area contributed by atoms with E-state index in [-0.39, 0.29) is 16.7 Å². The van der Waals surface area contributed by atoms with Gasteiger partial charge in [0.15, 0.2) is 11.6 Å². The molecule has 18 heavy (non-hydrogen) atoms. The van der Waals surface area contributed by atoms with Gasteiger partial charge in [-0.2, -0.15) is 0 Å². The highest BCUT2D eigenvalue weighted by Crippen LogP contribution is 2.20. The summed E-state index contributed by atoms with van der Waals surface area (Å²) in [6.45, 7) is 1.03. The molecule has 98 valence electrons. The van der Waals surface area contributed by atoms with Crippen LogP contribution >= 0.6 is 11.6 Å². The monoisotopic (exact) mass is 275 g/mol. The van der Waals surface area contributed by atoms with Gasteiger partial charge in [-0.25, -0.2) is 8.78 Å². The van der Waals surface area contributed by atoms with Crippen molar-refractivity contribution >= 4 is 17.5 Å². The fourth-order valence-electron chi connectivity index (χ4n) is 1.80. The molecular weight excluding hydrogens is 264 g/mol. The molecule has 1 aromatic rings. The number of nitrogens with one attached hydrogen (secondary N) is 1. The Bertz CT molecular complexity index is 462. The van der Waals surface area contributed by atoms with Crippen LogP contribution in [0.1, 0.15) is 23.2 Å². The average Bonchev–Trinajstić information content (AvgIpc) is 2.84. The summed E-state index contributed by atoms with van der Waals surface area (Å²) >= 11 is 5.69. The number of hydrogen-bond donors (Lipinski definition) is 1. The van der Waals surface area contributed by atoms with Gasteiger partial charge in [-0.15, -0.1) is 0 Å². The maximum absolute atomic E-state index is 13.0. The topological polar surface area (TPSA) is 38.3 Å². The van der Waals surface area contributed by atoms with Crippen LogP contribution in [0, 0.1) is 11.6 Å². The van der Waals surface area contributed by atoms with Crippen LogP contribution in [0.3, 0.4) is 0 Å². The molecule has 0 saturated carbocycles. The summed E-state index contributed by atoms with van der Waals surface area (Å²) in [7, 11) is 0. The van der Waals surface area contributed by atoms with Crippen LogP contribution in [0.5, 0.6) is 0 Å². The van der Waals surface area contributed by atoms with Crippen LogP contribution in [0.4, 0.5) is 8.78 Å². The molecule has 1 atom stereocenters. The zero-order chi connectivity index (χ0) is 13.1. The lowest BCUT2D eigenvalue weighted by atomic mass is 10.2. The van der Waals surface area contributed by atoms with Gasteiger partial charge in [0, 0.05) is 13.2 Å². The van der Waals surface area contributed by atoms with E-state index in [0.29, 0.717) is 13.2 Å². The molecule has 0 bridgehead atoms. The first-order valence-electron chi connectivity index (χ1n) is 5.62. The second-order valence-corrected chi connectivity index (χ2v) is 4.50. The maximum Gasteiger partial charge on any atom is 0.252 e. The predicted molar refractivity (Wildman–Crippen MR) is 62.7 cm³/mol. The van der Waals surface area contributed by atoms with Crippen LogP contribution in [0.25, 0.3) is 0 Å². The smallest absolute Gasteiger partial charge is 0.252 e. The summed E-state index contributed by atoms with van der Waals surface area (Å²) in [5.74, 6) is -2.70. The molecule has 1 unspecified atom stereocenters. The molecule has 6 heteroatoms. The first-order valence-corrected chi connectivity index (χ1v) is 6.00. The van der Waals surface area contributed by atoms with Crippen LogP contribution < -0.4 is 5.32 Å². The fraction of sp³-hybridized carbons (Fsp3) is 0.417. The third-order valence-corrected chi connectivity index (χ3v) is 3.08. The lowest BCUT2D eigenvalue weighted by molar-refractivity contribution is 0.0857. The standard InChI is InChI=1S/C12H12ClF2NO2/c13-9-5-11(15)10(14)4-8(9)12(17)16-6-7-2-1-3-18-7/h4-5,7H,1-3,6H2,(H,16,17). The Hall–Kier alpha value is -1.20. The van der Waals surface area contributed by atoms with Gasteiger partial charge < -0.3 is 10.1 Å². The first-order chi connectivity index (χ1) is 8.58. The Kier molecular flexibility index (Phi) is 4.14. The molecule has 1 aliphatic heterocycles. The Labute approximate surface area is 108 Å². The molecule has 0 aliphatic carbocycles. The number of carbonyl (C=O) groups excluding carboxylic acids is 1. The van der Waals surface area contributed by atoms with Crippen LogP contribution in [0.2, 0.25) is 5.02 Å². The summed E-state index contributed by atoms with van der Waals surface area (Å²) in [5, 5.41) is 2.48. The molecule has 1 N–H and O–H groups in total. The van der Waals surface area contributed by atoms with Crippen molar-refractivity contribution in [2.24, 2.45) is 0 Å². The van der Waals surface area contributed by atoms with Gasteiger partial charge in [0.05, 0.1) is 16.7 Å². The normalized spacial score (nSPS) is 18.9. The van der Waals surface area contributed by atoms with E-state index in [4.69, 9.17) is 16.3 Å². The van der Waals surface area contributed by atoms with E-state index in [1.807, 2.05) is 0 Å². The predicted octanol–water partition coefficient (Wildman–Crippen LogP) is 2.53. The number of ether oxygens (including phenoxy) is 1. The minimum Gasteiger partial charge on any atom is -0.376 e. The molecule has 1 aromatic carbocycles. The van der Waals surface area contributed by atoms with Gasteiger partial charge in [-0.1, -0.05) is 11.6 Å². The molecule has 2 rings (SSSR count).